The lowest BCUT2D eigenvalue weighted by molar-refractivity contribution is 0.405. The number of halogens is 1. The van der Waals surface area contributed by atoms with Crippen molar-refractivity contribution in [1.82, 2.24) is 0 Å². The summed E-state index contributed by atoms with van der Waals surface area (Å²) in [5.74, 6) is 1.56. The number of hydrogen-bond acceptors (Lipinski definition) is 1. The standard InChI is InChI=1S/C19H23BrO/c1-14-7-6-8-15(2)18(14)12-16(13-20)11-17-9-4-5-10-19(17)21-3/h4-10,16H,11-13H2,1-3H3. The first-order chi connectivity index (χ1) is 10.2. The first kappa shape index (κ1) is 16.1. The predicted molar refractivity (Wildman–Crippen MR) is 93.6 cm³/mol. The van der Waals surface area contributed by atoms with Gasteiger partial charge in [0.25, 0.3) is 0 Å². The van der Waals surface area contributed by atoms with Gasteiger partial charge in [0.1, 0.15) is 5.75 Å². The van der Waals surface area contributed by atoms with Gasteiger partial charge in [-0.05, 0) is 60.9 Å². The Morgan fingerprint density at radius 3 is 2.24 bits per heavy atom. The van der Waals surface area contributed by atoms with Gasteiger partial charge in [-0.3, -0.25) is 0 Å². The van der Waals surface area contributed by atoms with Gasteiger partial charge >= 0.3 is 0 Å². The number of benzene rings is 2. The summed E-state index contributed by atoms with van der Waals surface area (Å²) in [6.07, 6.45) is 2.13. The molecule has 0 spiro atoms. The van der Waals surface area contributed by atoms with Crippen molar-refractivity contribution in [2.45, 2.75) is 26.7 Å². The van der Waals surface area contributed by atoms with Crippen LogP contribution in [-0.2, 0) is 12.8 Å². The Morgan fingerprint density at radius 2 is 1.62 bits per heavy atom. The third kappa shape index (κ3) is 4.10. The van der Waals surface area contributed by atoms with Crippen LogP contribution in [0.3, 0.4) is 0 Å². The Morgan fingerprint density at radius 1 is 0.952 bits per heavy atom. The molecule has 0 N–H and O–H groups in total. The smallest absolute Gasteiger partial charge is 0.122 e. The lowest BCUT2D eigenvalue weighted by atomic mass is 9.89. The van der Waals surface area contributed by atoms with Crippen molar-refractivity contribution in [3.63, 3.8) is 0 Å². The van der Waals surface area contributed by atoms with Crippen molar-refractivity contribution in [2.24, 2.45) is 5.92 Å². The highest BCUT2D eigenvalue weighted by molar-refractivity contribution is 9.09. The van der Waals surface area contributed by atoms with Crippen molar-refractivity contribution < 1.29 is 4.74 Å². The van der Waals surface area contributed by atoms with Crippen molar-refractivity contribution in [2.75, 3.05) is 12.4 Å². The van der Waals surface area contributed by atoms with E-state index in [1.807, 2.05) is 12.1 Å². The summed E-state index contributed by atoms with van der Waals surface area (Å²) >= 11 is 3.69. The fraction of sp³-hybridized carbons (Fsp3) is 0.368. The molecule has 0 fully saturated rings. The van der Waals surface area contributed by atoms with E-state index in [2.05, 4.69) is 60.1 Å². The Balaban J connectivity index is 2.17. The van der Waals surface area contributed by atoms with Gasteiger partial charge in [0.2, 0.25) is 0 Å². The first-order valence-electron chi connectivity index (χ1n) is 7.38. The molecule has 21 heavy (non-hydrogen) atoms. The monoisotopic (exact) mass is 346 g/mol. The second kappa shape index (κ2) is 7.65. The van der Waals surface area contributed by atoms with E-state index in [9.17, 15) is 0 Å². The lowest BCUT2D eigenvalue weighted by Crippen LogP contribution is -2.12. The number of aryl methyl sites for hydroxylation is 2. The average molecular weight is 347 g/mol. The van der Waals surface area contributed by atoms with Crippen LogP contribution in [0.4, 0.5) is 0 Å². The van der Waals surface area contributed by atoms with E-state index in [1.54, 1.807) is 7.11 Å². The third-order valence-electron chi connectivity index (χ3n) is 4.06. The zero-order valence-electron chi connectivity index (χ0n) is 13.0. The number of para-hydroxylation sites is 1. The number of alkyl halides is 1. The van der Waals surface area contributed by atoms with Gasteiger partial charge in [-0.1, -0.05) is 52.3 Å². The van der Waals surface area contributed by atoms with Crippen molar-refractivity contribution in [3.05, 3.63) is 64.7 Å². The third-order valence-corrected chi connectivity index (χ3v) is 4.97. The molecule has 112 valence electrons. The molecule has 0 saturated carbocycles. The van der Waals surface area contributed by atoms with E-state index in [-0.39, 0.29) is 0 Å². The molecule has 0 saturated heterocycles. The van der Waals surface area contributed by atoms with Crippen LogP contribution in [0.25, 0.3) is 0 Å². The van der Waals surface area contributed by atoms with E-state index in [0.29, 0.717) is 5.92 Å². The summed E-state index contributed by atoms with van der Waals surface area (Å²) in [5.41, 5.74) is 5.55. The molecule has 0 bridgehead atoms. The van der Waals surface area contributed by atoms with Crippen molar-refractivity contribution in [1.29, 1.82) is 0 Å². The summed E-state index contributed by atoms with van der Waals surface area (Å²) in [6.45, 7) is 4.41. The molecule has 0 aromatic heterocycles. The fourth-order valence-corrected chi connectivity index (χ4v) is 3.28. The van der Waals surface area contributed by atoms with Crippen molar-refractivity contribution >= 4 is 15.9 Å². The highest BCUT2D eigenvalue weighted by Gasteiger charge is 2.14. The van der Waals surface area contributed by atoms with Gasteiger partial charge in [0.05, 0.1) is 7.11 Å². The van der Waals surface area contributed by atoms with E-state index in [1.165, 1.54) is 22.3 Å². The Bertz CT molecular complexity index is 572. The summed E-state index contributed by atoms with van der Waals surface area (Å²) < 4.78 is 5.47. The Labute approximate surface area is 136 Å². The van der Waals surface area contributed by atoms with E-state index in [0.717, 1.165) is 23.9 Å². The molecule has 2 rings (SSSR count). The minimum atomic E-state index is 0.570. The van der Waals surface area contributed by atoms with Crippen molar-refractivity contribution in [3.8, 4) is 5.75 Å². The maximum absolute atomic E-state index is 5.47. The number of ether oxygens (including phenoxy) is 1. The maximum atomic E-state index is 5.47. The summed E-state index contributed by atoms with van der Waals surface area (Å²) in [6, 6.07) is 14.9. The average Bonchev–Trinajstić information content (AvgIpc) is 2.50. The minimum Gasteiger partial charge on any atom is -0.496 e. The van der Waals surface area contributed by atoms with Gasteiger partial charge in [0, 0.05) is 5.33 Å². The second-order valence-corrected chi connectivity index (χ2v) is 6.26. The normalized spacial score (nSPS) is 12.2. The van der Waals surface area contributed by atoms with E-state index in [4.69, 9.17) is 4.74 Å². The molecule has 2 aromatic rings. The van der Waals surface area contributed by atoms with Crippen LogP contribution < -0.4 is 4.74 Å². The Hall–Kier alpha value is -1.28. The van der Waals surface area contributed by atoms with Crippen LogP contribution in [0, 0.1) is 19.8 Å². The van der Waals surface area contributed by atoms with Crippen LogP contribution in [0.5, 0.6) is 5.75 Å². The summed E-state index contributed by atoms with van der Waals surface area (Å²) in [5, 5.41) is 0.999. The zero-order chi connectivity index (χ0) is 15.2. The van der Waals surface area contributed by atoms with Gasteiger partial charge in [-0.25, -0.2) is 0 Å². The minimum absolute atomic E-state index is 0.570. The molecule has 2 aromatic carbocycles. The molecule has 0 amide bonds. The molecule has 0 aliphatic heterocycles. The molecule has 1 nitrogen and oxygen atoms in total. The maximum Gasteiger partial charge on any atom is 0.122 e. The van der Waals surface area contributed by atoms with Crippen LogP contribution in [0.1, 0.15) is 22.3 Å². The van der Waals surface area contributed by atoms with Gasteiger partial charge < -0.3 is 4.74 Å². The first-order valence-corrected chi connectivity index (χ1v) is 8.50. The molecule has 1 unspecified atom stereocenters. The molecule has 0 aliphatic rings. The number of hydrogen-bond donors (Lipinski definition) is 0. The molecule has 1 atom stereocenters. The molecule has 2 heteroatoms. The highest BCUT2D eigenvalue weighted by Crippen LogP contribution is 2.26. The molecule has 0 radical (unpaired) electrons. The number of methoxy groups -OCH3 is 1. The van der Waals surface area contributed by atoms with E-state index < -0.39 is 0 Å². The molecular weight excluding hydrogens is 324 g/mol. The fourth-order valence-electron chi connectivity index (χ4n) is 2.82. The van der Waals surface area contributed by atoms with Crippen LogP contribution in [0.2, 0.25) is 0 Å². The van der Waals surface area contributed by atoms with Crippen LogP contribution in [-0.4, -0.2) is 12.4 Å². The largest absolute Gasteiger partial charge is 0.496 e. The summed E-state index contributed by atoms with van der Waals surface area (Å²) in [7, 11) is 1.74. The molecule has 0 aliphatic carbocycles. The number of rotatable bonds is 6. The van der Waals surface area contributed by atoms with Gasteiger partial charge in [0.15, 0.2) is 0 Å². The SMILES string of the molecule is COc1ccccc1CC(CBr)Cc1c(C)cccc1C. The van der Waals surface area contributed by atoms with Gasteiger partial charge in [-0.15, -0.1) is 0 Å². The quantitative estimate of drug-likeness (QED) is 0.660. The van der Waals surface area contributed by atoms with Crippen LogP contribution in [0.15, 0.2) is 42.5 Å². The second-order valence-electron chi connectivity index (χ2n) is 5.61. The van der Waals surface area contributed by atoms with Crippen LogP contribution >= 0.6 is 15.9 Å². The predicted octanol–water partition coefficient (Wildman–Crippen LogP) is 5.11. The molecule has 0 heterocycles. The Kier molecular flexibility index (Phi) is 5.86. The topological polar surface area (TPSA) is 9.23 Å². The lowest BCUT2D eigenvalue weighted by Gasteiger charge is -2.19. The summed E-state index contributed by atoms with van der Waals surface area (Å²) in [4.78, 5) is 0. The zero-order valence-corrected chi connectivity index (χ0v) is 14.6. The molecular formula is C19H23BrO. The highest BCUT2D eigenvalue weighted by atomic mass is 79.9. The van der Waals surface area contributed by atoms with E-state index >= 15 is 0 Å². The van der Waals surface area contributed by atoms with Gasteiger partial charge in [-0.2, -0.15) is 0 Å².